The molecule has 0 saturated heterocycles. The van der Waals surface area contributed by atoms with E-state index in [1.54, 1.807) is 6.20 Å². The predicted molar refractivity (Wildman–Crippen MR) is 87.7 cm³/mol. The molecule has 0 aliphatic rings. The van der Waals surface area contributed by atoms with Gasteiger partial charge in [-0.1, -0.05) is 30.4 Å². The van der Waals surface area contributed by atoms with Crippen LogP contribution in [-0.4, -0.2) is 15.1 Å². The Labute approximate surface area is 144 Å². The fourth-order valence-corrected chi connectivity index (χ4v) is 1.79. The standard InChI is InChI=1S/C16H11N2.CNS.Ni/c1-2-7-13(8-3-1)14-10-6-11-16(18-14)15-9-4-5-12-17-15;2-1-3;/h1-7,9-12H;;/q2*-1;+2. The molecule has 0 spiro atoms. The van der Waals surface area contributed by atoms with Crippen LogP contribution in [0.2, 0.25) is 0 Å². The zero-order chi connectivity index (χ0) is 14.9. The average molecular weight is 348 g/mol. The second-order valence-corrected chi connectivity index (χ2v) is 4.17. The SMILES string of the molecule is [N-]=C=S.[Ni+2].[c-]1ccccc1-c1cccc(-c2ccccn2)n1. The first-order valence-electron chi connectivity index (χ1n) is 6.22. The summed E-state index contributed by atoms with van der Waals surface area (Å²) >= 11 is 3.70. The summed E-state index contributed by atoms with van der Waals surface area (Å²) in [4.78, 5) is 8.93. The molecule has 0 unspecified atom stereocenters. The van der Waals surface area contributed by atoms with E-state index in [9.17, 15) is 0 Å². The van der Waals surface area contributed by atoms with E-state index in [0.717, 1.165) is 22.6 Å². The van der Waals surface area contributed by atoms with Gasteiger partial charge < -0.3 is 5.41 Å². The Morgan fingerprint density at radius 2 is 1.59 bits per heavy atom. The van der Waals surface area contributed by atoms with Crippen LogP contribution in [0.5, 0.6) is 0 Å². The molecule has 22 heavy (non-hydrogen) atoms. The van der Waals surface area contributed by atoms with Crippen LogP contribution in [0.4, 0.5) is 0 Å². The maximum absolute atomic E-state index is 7.13. The number of aromatic nitrogens is 2. The molecule has 3 rings (SSSR count). The zero-order valence-electron chi connectivity index (χ0n) is 11.4. The molecule has 0 amide bonds. The molecular weight excluding hydrogens is 337 g/mol. The molecule has 2 aromatic heterocycles. The molecule has 2 heterocycles. The van der Waals surface area contributed by atoms with E-state index >= 15 is 0 Å². The van der Waals surface area contributed by atoms with Gasteiger partial charge >= 0.3 is 16.5 Å². The number of benzene rings is 1. The van der Waals surface area contributed by atoms with Crippen LogP contribution >= 0.6 is 12.2 Å². The van der Waals surface area contributed by atoms with Gasteiger partial charge in [0.1, 0.15) is 0 Å². The van der Waals surface area contributed by atoms with Crippen molar-refractivity contribution in [1.29, 1.82) is 0 Å². The maximum Gasteiger partial charge on any atom is 2.00 e. The number of nitrogens with zero attached hydrogens (tertiary/aromatic N) is 3. The van der Waals surface area contributed by atoms with E-state index in [1.807, 2.05) is 60.7 Å². The van der Waals surface area contributed by atoms with Crippen LogP contribution in [0.15, 0.2) is 66.9 Å². The number of hydrogen-bond acceptors (Lipinski definition) is 3. The van der Waals surface area contributed by atoms with Gasteiger partial charge in [-0.15, -0.1) is 35.9 Å². The van der Waals surface area contributed by atoms with Crippen molar-refractivity contribution in [2.45, 2.75) is 0 Å². The van der Waals surface area contributed by atoms with Gasteiger partial charge in [-0.05, 0) is 23.9 Å². The molecule has 0 aliphatic carbocycles. The Kier molecular flexibility index (Phi) is 7.87. The van der Waals surface area contributed by atoms with Gasteiger partial charge in [-0.25, -0.2) is 0 Å². The molecule has 0 saturated carbocycles. The minimum Gasteiger partial charge on any atom is -0.753 e. The Bertz CT molecular complexity index is 672. The van der Waals surface area contributed by atoms with Crippen molar-refractivity contribution in [3.63, 3.8) is 0 Å². The summed E-state index contributed by atoms with van der Waals surface area (Å²) in [7, 11) is 0. The van der Waals surface area contributed by atoms with E-state index < -0.39 is 0 Å². The van der Waals surface area contributed by atoms with Gasteiger partial charge in [-0.2, -0.15) is 5.16 Å². The first kappa shape index (κ1) is 17.9. The third-order valence-electron chi connectivity index (χ3n) is 2.66. The molecule has 0 atom stereocenters. The van der Waals surface area contributed by atoms with Crippen molar-refractivity contribution < 1.29 is 16.5 Å². The summed E-state index contributed by atoms with van der Waals surface area (Å²) < 4.78 is 0. The summed E-state index contributed by atoms with van der Waals surface area (Å²) in [5.41, 5.74) is 3.68. The van der Waals surface area contributed by atoms with E-state index in [2.05, 4.69) is 28.3 Å². The number of rotatable bonds is 2. The molecule has 0 bridgehead atoms. The molecular formula is C17H11N3NiS. The topological polar surface area (TPSA) is 48.1 Å². The minimum absolute atomic E-state index is 0. The van der Waals surface area contributed by atoms with E-state index in [1.165, 1.54) is 5.16 Å². The normalized spacial score (nSPS) is 8.73. The van der Waals surface area contributed by atoms with Crippen LogP contribution in [-0.2, 0) is 16.5 Å². The summed E-state index contributed by atoms with van der Waals surface area (Å²) in [6.07, 6.45) is 1.78. The van der Waals surface area contributed by atoms with Crippen molar-refractivity contribution >= 4 is 17.4 Å². The van der Waals surface area contributed by atoms with Gasteiger partial charge in [0.05, 0.1) is 11.4 Å². The van der Waals surface area contributed by atoms with Gasteiger partial charge in [0, 0.05) is 6.20 Å². The molecule has 0 radical (unpaired) electrons. The van der Waals surface area contributed by atoms with Crippen LogP contribution < -0.4 is 0 Å². The number of thiocarbonyl (C=S) groups is 1. The first-order valence-corrected chi connectivity index (χ1v) is 6.63. The Morgan fingerprint density at radius 1 is 0.909 bits per heavy atom. The second-order valence-electron chi connectivity index (χ2n) is 3.99. The fraction of sp³-hybridized carbons (Fsp3) is 0. The predicted octanol–water partition coefficient (Wildman–Crippen LogP) is 4.27. The zero-order valence-corrected chi connectivity index (χ0v) is 13.2. The molecule has 5 heteroatoms. The summed E-state index contributed by atoms with van der Waals surface area (Å²) in [5.74, 6) is 0. The van der Waals surface area contributed by atoms with Gasteiger partial charge in [0.15, 0.2) is 0 Å². The maximum atomic E-state index is 7.13. The summed E-state index contributed by atoms with van der Waals surface area (Å²) in [6.45, 7) is 0. The largest absolute Gasteiger partial charge is 2.00 e. The molecule has 0 N–H and O–H groups in total. The molecule has 110 valence electrons. The van der Waals surface area contributed by atoms with Gasteiger partial charge in [0.2, 0.25) is 0 Å². The Hall–Kier alpha value is -2.19. The monoisotopic (exact) mass is 347 g/mol. The average Bonchev–Trinajstić information content (AvgIpc) is 2.57. The van der Waals surface area contributed by atoms with Gasteiger partial charge in [-0.3, -0.25) is 9.97 Å². The third-order valence-corrected chi connectivity index (χ3v) is 2.66. The van der Waals surface area contributed by atoms with E-state index in [-0.39, 0.29) is 16.5 Å². The quantitative estimate of drug-likeness (QED) is 0.301. The fourth-order valence-electron chi connectivity index (χ4n) is 1.79. The van der Waals surface area contributed by atoms with Gasteiger partial charge in [0.25, 0.3) is 0 Å². The van der Waals surface area contributed by atoms with Crippen LogP contribution in [0.3, 0.4) is 0 Å². The molecule has 0 fully saturated rings. The first-order chi connectivity index (χ1) is 10.3. The van der Waals surface area contributed by atoms with Crippen molar-refractivity contribution in [3.8, 4) is 22.6 Å². The Balaban J connectivity index is 0.000000562. The molecule has 3 nitrogen and oxygen atoms in total. The summed E-state index contributed by atoms with van der Waals surface area (Å²) in [6, 6.07) is 22.8. The third kappa shape index (κ3) is 4.98. The Morgan fingerprint density at radius 3 is 2.23 bits per heavy atom. The minimum atomic E-state index is 0. The van der Waals surface area contributed by atoms with Crippen LogP contribution in [0, 0.1) is 6.07 Å². The van der Waals surface area contributed by atoms with Crippen LogP contribution in [0.1, 0.15) is 0 Å². The molecule has 3 aromatic rings. The second kappa shape index (κ2) is 9.70. The van der Waals surface area contributed by atoms with Crippen molar-refractivity contribution in [2.75, 3.05) is 0 Å². The summed E-state index contributed by atoms with van der Waals surface area (Å²) in [5, 5.41) is 8.47. The number of pyridine rings is 2. The van der Waals surface area contributed by atoms with Crippen molar-refractivity contribution in [2.24, 2.45) is 0 Å². The number of isothiocyanates is 1. The smallest absolute Gasteiger partial charge is 0.753 e. The van der Waals surface area contributed by atoms with Crippen LogP contribution in [0.25, 0.3) is 28.1 Å². The van der Waals surface area contributed by atoms with Crippen molar-refractivity contribution in [1.82, 2.24) is 9.97 Å². The molecule has 1 aromatic carbocycles. The van der Waals surface area contributed by atoms with E-state index in [0.29, 0.717) is 0 Å². The van der Waals surface area contributed by atoms with Crippen molar-refractivity contribution in [3.05, 3.63) is 78.3 Å². The van der Waals surface area contributed by atoms with E-state index in [4.69, 9.17) is 5.41 Å². The molecule has 0 aliphatic heterocycles. The number of hydrogen-bond donors (Lipinski definition) is 0.